The lowest BCUT2D eigenvalue weighted by Gasteiger charge is -2.22. The van der Waals surface area contributed by atoms with Gasteiger partial charge < -0.3 is 4.42 Å². The van der Waals surface area contributed by atoms with Crippen molar-refractivity contribution in [3.05, 3.63) is 72.0 Å². The normalized spacial score (nSPS) is 17.7. The van der Waals surface area contributed by atoms with E-state index in [4.69, 9.17) is 9.40 Å². The van der Waals surface area contributed by atoms with Gasteiger partial charge in [-0.1, -0.05) is 24.3 Å². The molecule has 0 spiro atoms. The van der Waals surface area contributed by atoms with Crippen LogP contribution in [-0.4, -0.2) is 31.0 Å². The number of hydrogen-bond acceptors (Lipinski definition) is 5. The zero-order chi connectivity index (χ0) is 18.2. The van der Waals surface area contributed by atoms with Crippen molar-refractivity contribution in [1.82, 2.24) is 24.5 Å². The van der Waals surface area contributed by atoms with Crippen molar-refractivity contribution in [2.45, 2.75) is 32.4 Å². The lowest BCUT2D eigenvalue weighted by molar-refractivity contribution is 0.235. The summed E-state index contributed by atoms with van der Waals surface area (Å²) in [5.74, 6) is 2.57. The molecule has 4 aromatic rings. The fourth-order valence-electron chi connectivity index (χ4n) is 3.87. The highest BCUT2D eigenvalue weighted by molar-refractivity contribution is 5.53. The molecule has 0 amide bonds. The van der Waals surface area contributed by atoms with Crippen molar-refractivity contribution in [3.8, 4) is 11.5 Å². The lowest BCUT2D eigenvalue weighted by atomic mass is 10.2. The zero-order valence-corrected chi connectivity index (χ0v) is 15.2. The van der Waals surface area contributed by atoms with E-state index in [1.165, 1.54) is 0 Å². The minimum atomic E-state index is 0.249. The van der Waals surface area contributed by atoms with Crippen molar-refractivity contribution < 1.29 is 4.42 Å². The van der Waals surface area contributed by atoms with E-state index in [1.54, 1.807) is 0 Å². The van der Waals surface area contributed by atoms with Gasteiger partial charge in [-0.05, 0) is 50.6 Å². The molecule has 0 N–H and O–H groups in total. The molecule has 0 aliphatic carbocycles. The van der Waals surface area contributed by atoms with Crippen LogP contribution in [0.15, 0.2) is 59.1 Å². The van der Waals surface area contributed by atoms with Crippen LogP contribution in [0.25, 0.3) is 17.1 Å². The van der Waals surface area contributed by atoms with Gasteiger partial charge in [0.2, 0.25) is 5.89 Å². The highest BCUT2D eigenvalue weighted by Crippen LogP contribution is 2.33. The van der Waals surface area contributed by atoms with Crippen molar-refractivity contribution in [3.63, 3.8) is 0 Å². The molecule has 1 aliphatic rings. The van der Waals surface area contributed by atoms with Crippen LogP contribution in [0.3, 0.4) is 0 Å². The maximum absolute atomic E-state index is 5.94. The van der Waals surface area contributed by atoms with E-state index >= 15 is 0 Å². The molecule has 0 radical (unpaired) electrons. The predicted octanol–water partition coefficient (Wildman–Crippen LogP) is 4.03. The smallest absolute Gasteiger partial charge is 0.226 e. The van der Waals surface area contributed by atoms with Gasteiger partial charge in [0.25, 0.3) is 0 Å². The maximum Gasteiger partial charge on any atom is 0.226 e. The summed E-state index contributed by atoms with van der Waals surface area (Å²) < 4.78 is 8.03. The Hall–Kier alpha value is -2.99. The maximum atomic E-state index is 5.94. The Kier molecular flexibility index (Phi) is 3.98. The predicted molar refractivity (Wildman–Crippen MR) is 102 cm³/mol. The van der Waals surface area contributed by atoms with Crippen molar-refractivity contribution in [2.75, 3.05) is 6.54 Å². The Labute approximate surface area is 157 Å². The van der Waals surface area contributed by atoms with Crippen LogP contribution in [0.1, 0.15) is 36.2 Å². The van der Waals surface area contributed by atoms with E-state index in [0.29, 0.717) is 5.89 Å². The molecule has 1 fully saturated rings. The molecular formula is C21H21N5O. The summed E-state index contributed by atoms with van der Waals surface area (Å²) in [5, 5.41) is 8.79. The molecule has 4 heterocycles. The summed E-state index contributed by atoms with van der Waals surface area (Å²) in [6.45, 7) is 3.78. The number of rotatable bonds is 4. The molecule has 3 aromatic heterocycles. The van der Waals surface area contributed by atoms with Gasteiger partial charge in [0, 0.05) is 18.3 Å². The van der Waals surface area contributed by atoms with Crippen LogP contribution < -0.4 is 0 Å². The van der Waals surface area contributed by atoms with Crippen LogP contribution in [-0.2, 0) is 6.54 Å². The largest absolute Gasteiger partial charge is 0.441 e. The van der Waals surface area contributed by atoms with Crippen LogP contribution in [0, 0.1) is 6.92 Å². The van der Waals surface area contributed by atoms with E-state index in [2.05, 4.69) is 19.5 Å². The molecule has 6 heteroatoms. The standard InChI is InChI=1S/C21H21N5O/c1-15-17(22-21(27-15)16-8-3-2-4-9-16)14-25-12-7-10-18(25)20-24-23-19-11-5-6-13-26(19)20/h2-6,8-9,11,13,18H,7,10,12,14H2,1H3/t18-/m1/s1. The van der Waals surface area contributed by atoms with Gasteiger partial charge in [-0.3, -0.25) is 9.30 Å². The molecule has 1 atom stereocenters. The van der Waals surface area contributed by atoms with Crippen LogP contribution in [0.5, 0.6) is 0 Å². The Morgan fingerprint density at radius 2 is 1.93 bits per heavy atom. The van der Waals surface area contributed by atoms with Crippen LogP contribution >= 0.6 is 0 Å². The second-order valence-corrected chi connectivity index (χ2v) is 7.00. The Morgan fingerprint density at radius 1 is 1.07 bits per heavy atom. The molecule has 1 aliphatic heterocycles. The molecular weight excluding hydrogens is 338 g/mol. The van der Waals surface area contributed by atoms with E-state index in [-0.39, 0.29) is 6.04 Å². The van der Waals surface area contributed by atoms with E-state index < -0.39 is 0 Å². The van der Waals surface area contributed by atoms with Crippen molar-refractivity contribution in [1.29, 1.82) is 0 Å². The number of pyridine rings is 1. The van der Waals surface area contributed by atoms with Gasteiger partial charge in [-0.2, -0.15) is 0 Å². The summed E-state index contributed by atoms with van der Waals surface area (Å²) in [4.78, 5) is 7.20. The molecule has 0 unspecified atom stereocenters. The Morgan fingerprint density at radius 3 is 2.81 bits per heavy atom. The quantitative estimate of drug-likeness (QED) is 0.551. The second-order valence-electron chi connectivity index (χ2n) is 7.00. The molecule has 6 nitrogen and oxygen atoms in total. The number of nitrogens with zero attached hydrogens (tertiary/aromatic N) is 5. The number of aryl methyl sites for hydroxylation is 1. The van der Waals surface area contributed by atoms with E-state index in [0.717, 1.165) is 54.4 Å². The second kappa shape index (κ2) is 6.63. The highest BCUT2D eigenvalue weighted by Gasteiger charge is 2.31. The van der Waals surface area contributed by atoms with E-state index in [1.807, 2.05) is 61.7 Å². The molecule has 27 heavy (non-hydrogen) atoms. The molecule has 1 aromatic carbocycles. The number of hydrogen-bond donors (Lipinski definition) is 0. The third kappa shape index (κ3) is 2.92. The number of oxazole rings is 1. The molecule has 0 bridgehead atoms. The lowest BCUT2D eigenvalue weighted by Crippen LogP contribution is -2.24. The highest BCUT2D eigenvalue weighted by atomic mass is 16.4. The summed E-state index contributed by atoms with van der Waals surface area (Å²) in [7, 11) is 0. The molecule has 1 saturated heterocycles. The van der Waals surface area contributed by atoms with Gasteiger partial charge in [0.1, 0.15) is 5.76 Å². The molecule has 136 valence electrons. The number of aromatic nitrogens is 4. The third-order valence-electron chi connectivity index (χ3n) is 5.27. The number of likely N-dealkylation sites (tertiary alicyclic amines) is 1. The topological polar surface area (TPSA) is 59.5 Å². The first-order chi connectivity index (χ1) is 13.3. The minimum Gasteiger partial charge on any atom is -0.441 e. The van der Waals surface area contributed by atoms with Gasteiger partial charge in [-0.25, -0.2) is 4.98 Å². The summed E-state index contributed by atoms with van der Waals surface area (Å²) in [6, 6.07) is 16.3. The van der Waals surface area contributed by atoms with Gasteiger partial charge in [-0.15, -0.1) is 10.2 Å². The Bertz CT molecular complexity index is 1070. The Balaban J connectivity index is 1.43. The van der Waals surface area contributed by atoms with Crippen molar-refractivity contribution in [2.24, 2.45) is 0 Å². The first kappa shape index (κ1) is 16.2. The summed E-state index contributed by atoms with van der Waals surface area (Å²) >= 11 is 0. The zero-order valence-electron chi connectivity index (χ0n) is 15.2. The van der Waals surface area contributed by atoms with Gasteiger partial charge in [0.15, 0.2) is 11.5 Å². The summed E-state index contributed by atoms with van der Waals surface area (Å²) in [5.41, 5.74) is 2.89. The minimum absolute atomic E-state index is 0.249. The average Bonchev–Trinajstić information content (AvgIpc) is 3.42. The van der Waals surface area contributed by atoms with Crippen LogP contribution in [0.2, 0.25) is 0 Å². The fourth-order valence-corrected chi connectivity index (χ4v) is 3.87. The molecule has 0 saturated carbocycles. The average molecular weight is 359 g/mol. The van der Waals surface area contributed by atoms with Gasteiger partial charge >= 0.3 is 0 Å². The number of fused-ring (bicyclic) bond motifs is 1. The van der Waals surface area contributed by atoms with Crippen molar-refractivity contribution >= 4 is 5.65 Å². The fraction of sp³-hybridized carbons (Fsp3) is 0.286. The first-order valence-corrected chi connectivity index (χ1v) is 9.35. The molecule has 5 rings (SSSR count). The SMILES string of the molecule is Cc1oc(-c2ccccc2)nc1CN1CCC[C@@H]1c1nnc2ccccn12. The number of benzene rings is 1. The summed E-state index contributed by atoms with van der Waals surface area (Å²) in [6.07, 6.45) is 4.27. The third-order valence-corrected chi connectivity index (χ3v) is 5.27. The monoisotopic (exact) mass is 359 g/mol. The van der Waals surface area contributed by atoms with Crippen LogP contribution in [0.4, 0.5) is 0 Å². The first-order valence-electron chi connectivity index (χ1n) is 9.35. The van der Waals surface area contributed by atoms with E-state index in [9.17, 15) is 0 Å². The van der Waals surface area contributed by atoms with Gasteiger partial charge in [0.05, 0.1) is 11.7 Å².